The number of ether oxygens (including phenoxy) is 2. The van der Waals surface area contributed by atoms with Gasteiger partial charge < -0.3 is 30.3 Å². The average Bonchev–Trinajstić information content (AvgIpc) is 2.82. The van der Waals surface area contributed by atoms with Crippen molar-refractivity contribution in [1.82, 2.24) is 10.6 Å². The van der Waals surface area contributed by atoms with Gasteiger partial charge in [0.15, 0.2) is 0 Å². The molecule has 0 aromatic heterocycles. The van der Waals surface area contributed by atoms with Gasteiger partial charge in [0.25, 0.3) is 0 Å². The number of carbonyl (C=O) groups excluding carboxylic acids is 2. The number of carbonyl (C=O) groups is 2. The van der Waals surface area contributed by atoms with Crippen molar-refractivity contribution in [3.63, 3.8) is 0 Å². The number of alkyl carbamates (subject to hydrolysis) is 1. The van der Waals surface area contributed by atoms with Crippen molar-refractivity contribution in [3.8, 4) is 5.75 Å². The summed E-state index contributed by atoms with van der Waals surface area (Å²) in [5.74, 6) is 0.423. The molecule has 35 heavy (non-hydrogen) atoms. The van der Waals surface area contributed by atoms with Crippen LogP contribution in [0.25, 0.3) is 0 Å². The van der Waals surface area contributed by atoms with Gasteiger partial charge in [-0.1, -0.05) is 26.0 Å². The molecular formula is C27H42N2O6. The second-order valence-corrected chi connectivity index (χ2v) is 11.0. The standard InChI is InChI=1S/C27H42N2O6/c1-17(2)29-25(33)35-23-12-13-26(3)20(21(31)10-11-22(26)27(23,4)16-30)14-24(32)28-15-18-6-8-19(34-5)9-7-18/h6-9,17,20-23,30-31H,10-16H2,1-5H3,(H,28,32)(H,29,33)/t20-,21-,22-,23-,26+,27+/m1/s1. The Hall–Kier alpha value is -2.32. The first-order valence-corrected chi connectivity index (χ1v) is 12.7. The van der Waals surface area contributed by atoms with Gasteiger partial charge in [-0.2, -0.15) is 0 Å². The summed E-state index contributed by atoms with van der Waals surface area (Å²) in [6.45, 7) is 8.12. The second-order valence-electron chi connectivity index (χ2n) is 11.0. The van der Waals surface area contributed by atoms with Crippen molar-refractivity contribution < 1.29 is 29.3 Å². The number of fused-ring (bicyclic) bond motifs is 1. The zero-order valence-corrected chi connectivity index (χ0v) is 21.7. The number of rotatable bonds is 8. The van der Waals surface area contributed by atoms with Crippen molar-refractivity contribution >= 4 is 12.0 Å². The van der Waals surface area contributed by atoms with Gasteiger partial charge in [-0.25, -0.2) is 4.79 Å². The molecule has 3 rings (SSSR count). The molecule has 4 N–H and O–H groups in total. The van der Waals surface area contributed by atoms with Crippen molar-refractivity contribution in [2.45, 2.75) is 84.6 Å². The van der Waals surface area contributed by atoms with E-state index in [-0.39, 0.29) is 42.2 Å². The normalized spacial score (nSPS) is 32.5. The number of methoxy groups -OCH3 is 1. The summed E-state index contributed by atoms with van der Waals surface area (Å²) in [5, 5.41) is 27.2. The minimum atomic E-state index is -0.653. The molecule has 1 aromatic rings. The van der Waals surface area contributed by atoms with E-state index in [4.69, 9.17) is 9.47 Å². The van der Waals surface area contributed by atoms with Crippen LogP contribution in [0.1, 0.15) is 65.4 Å². The third-order valence-electron chi connectivity index (χ3n) is 8.39. The molecule has 8 nitrogen and oxygen atoms in total. The Labute approximate surface area is 208 Å². The zero-order valence-electron chi connectivity index (χ0n) is 21.7. The minimum Gasteiger partial charge on any atom is -0.497 e. The van der Waals surface area contributed by atoms with Crippen molar-refractivity contribution in [2.75, 3.05) is 13.7 Å². The molecule has 0 bridgehead atoms. The van der Waals surface area contributed by atoms with Crippen molar-refractivity contribution in [2.24, 2.45) is 22.7 Å². The Bertz CT molecular complexity index is 875. The first-order chi connectivity index (χ1) is 16.5. The highest BCUT2D eigenvalue weighted by atomic mass is 16.6. The van der Waals surface area contributed by atoms with Gasteiger partial charge >= 0.3 is 6.09 Å². The van der Waals surface area contributed by atoms with E-state index in [9.17, 15) is 19.8 Å². The van der Waals surface area contributed by atoms with Crippen LogP contribution in [0, 0.1) is 22.7 Å². The van der Waals surface area contributed by atoms with Crippen LogP contribution >= 0.6 is 0 Å². The number of hydrogen-bond acceptors (Lipinski definition) is 6. The molecule has 1 aromatic carbocycles. The fourth-order valence-electron chi connectivity index (χ4n) is 6.39. The lowest BCUT2D eigenvalue weighted by Gasteiger charge is -2.60. The van der Waals surface area contributed by atoms with E-state index in [1.807, 2.05) is 45.0 Å². The van der Waals surface area contributed by atoms with E-state index in [0.29, 0.717) is 32.2 Å². The van der Waals surface area contributed by atoms with Crippen LogP contribution in [0.4, 0.5) is 4.79 Å². The molecule has 2 amide bonds. The molecule has 2 fully saturated rings. The Morgan fingerprint density at radius 2 is 1.83 bits per heavy atom. The third kappa shape index (κ3) is 5.92. The van der Waals surface area contributed by atoms with Gasteiger partial charge in [-0.05, 0) is 74.5 Å². The average molecular weight is 491 g/mol. The molecule has 6 atom stereocenters. The first-order valence-electron chi connectivity index (χ1n) is 12.7. The molecule has 0 heterocycles. The zero-order chi connectivity index (χ0) is 25.8. The van der Waals surface area contributed by atoms with Crippen LogP contribution in [0.15, 0.2) is 24.3 Å². The van der Waals surface area contributed by atoms with E-state index in [1.165, 1.54) is 0 Å². The number of benzene rings is 1. The van der Waals surface area contributed by atoms with Gasteiger partial charge in [0, 0.05) is 24.4 Å². The maximum atomic E-state index is 12.9. The Kier molecular flexibility index (Phi) is 8.70. The number of aliphatic hydroxyl groups excluding tert-OH is 2. The molecule has 2 saturated carbocycles. The fraction of sp³-hybridized carbons (Fsp3) is 0.704. The number of aliphatic hydroxyl groups is 2. The molecule has 2 aliphatic rings. The van der Waals surface area contributed by atoms with Crippen LogP contribution in [-0.4, -0.2) is 54.2 Å². The van der Waals surface area contributed by atoms with Crippen LogP contribution in [0.3, 0.4) is 0 Å². The molecule has 0 spiro atoms. The maximum absolute atomic E-state index is 12.9. The topological polar surface area (TPSA) is 117 Å². The Morgan fingerprint density at radius 3 is 2.43 bits per heavy atom. The lowest BCUT2D eigenvalue weighted by molar-refractivity contribution is -0.186. The highest BCUT2D eigenvalue weighted by Gasteiger charge is 2.60. The fourth-order valence-corrected chi connectivity index (χ4v) is 6.39. The highest BCUT2D eigenvalue weighted by Crippen LogP contribution is 2.61. The molecule has 2 aliphatic carbocycles. The SMILES string of the molecule is COc1ccc(CNC(=O)C[C@@H]2[C@H](O)CC[C@H]3[C@](C)(CO)[C@H](OC(=O)NC(C)C)CC[C@]32C)cc1. The van der Waals surface area contributed by atoms with Crippen LogP contribution in [0.2, 0.25) is 0 Å². The van der Waals surface area contributed by atoms with E-state index in [0.717, 1.165) is 11.3 Å². The number of hydrogen-bond donors (Lipinski definition) is 4. The molecule has 196 valence electrons. The summed E-state index contributed by atoms with van der Waals surface area (Å²) in [6.07, 6.45) is 1.27. The predicted molar refractivity (Wildman–Crippen MR) is 133 cm³/mol. The van der Waals surface area contributed by atoms with Gasteiger partial charge in [-0.3, -0.25) is 4.79 Å². The summed E-state index contributed by atoms with van der Waals surface area (Å²) in [6, 6.07) is 7.50. The molecule has 0 radical (unpaired) electrons. The smallest absolute Gasteiger partial charge is 0.407 e. The maximum Gasteiger partial charge on any atom is 0.407 e. The second kappa shape index (κ2) is 11.2. The van der Waals surface area contributed by atoms with Gasteiger partial charge in [0.1, 0.15) is 11.9 Å². The van der Waals surface area contributed by atoms with E-state index < -0.39 is 23.7 Å². The number of nitrogens with one attached hydrogen (secondary N) is 2. The van der Waals surface area contributed by atoms with Gasteiger partial charge in [0.2, 0.25) is 5.91 Å². The summed E-state index contributed by atoms with van der Waals surface area (Å²) in [7, 11) is 1.61. The van der Waals surface area contributed by atoms with Crippen LogP contribution in [0.5, 0.6) is 5.75 Å². The van der Waals surface area contributed by atoms with E-state index >= 15 is 0 Å². The van der Waals surface area contributed by atoms with E-state index in [1.54, 1.807) is 7.11 Å². The summed E-state index contributed by atoms with van der Waals surface area (Å²) < 4.78 is 11.0. The van der Waals surface area contributed by atoms with Gasteiger partial charge in [0.05, 0.1) is 19.8 Å². The lowest BCUT2D eigenvalue weighted by atomic mass is 9.46. The summed E-state index contributed by atoms with van der Waals surface area (Å²) in [4.78, 5) is 25.3. The van der Waals surface area contributed by atoms with Crippen molar-refractivity contribution in [1.29, 1.82) is 0 Å². The largest absolute Gasteiger partial charge is 0.497 e. The molecule has 0 unspecified atom stereocenters. The minimum absolute atomic E-state index is 0.00777. The molecule has 8 heteroatoms. The Balaban J connectivity index is 1.70. The summed E-state index contributed by atoms with van der Waals surface area (Å²) in [5.41, 5.74) is -0.0436. The molecule has 0 aliphatic heterocycles. The highest BCUT2D eigenvalue weighted by molar-refractivity contribution is 5.76. The summed E-state index contributed by atoms with van der Waals surface area (Å²) >= 11 is 0. The van der Waals surface area contributed by atoms with Crippen molar-refractivity contribution in [3.05, 3.63) is 29.8 Å². The van der Waals surface area contributed by atoms with Gasteiger partial charge in [-0.15, -0.1) is 0 Å². The predicted octanol–water partition coefficient (Wildman–Crippen LogP) is 3.39. The quantitative estimate of drug-likeness (QED) is 0.444. The van der Waals surface area contributed by atoms with Crippen LogP contribution in [-0.2, 0) is 16.1 Å². The Morgan fingerprint density at radius 1 is 1.14 bits per heavy atom. The lowest BCUT2D eigenvalue weighted by Crippen LogP contribution is -2.61. The molecular weight excluding hydrogens is 448 g/mol. The third-order valence-corrected chi connectivity index (χ3v) is 8.39. The monoisotopic (exact) mass is 490 g/mol. The van der Waals surface area contributed by atoms with Crippen LogP contribution < -0.4 is 15.4 Å². The molecule has 0 saturated heterocycles. The number of amides is 2. The van der Waals surface area contributed by atoms with E-state index in [2.05, 4.69) is 17.6 Å². The first kappa shape index (κ1) is 27.3.